The van der Waals surface area contributed by atoms with Gasteiger partial charge in [0.1, 0.15) is 18.5 Å². The van der Waals surface area contributed by atoms with Crippen molar-refractivity contribution in [1.29, 1.82) is 0 Å². The Morgan fingerprint density at radius 3 is 2.66 bits per heavy atom. The monoisotopic (exact) mass is 406 g/mol. The lowest BCUT2D eigenvalue weighted by Crippen LogP contribution is -2.31. The summed E-state index contributed by atoms with van der Waals surface area (Å²) in [6, 6.07) is 0. The molecule has 8 heteroatoms. The van der Waals surface area contributed by atoms with Crippen LogP contribution in [-0.4, -0.2) is 53.0 Å². The summed E-state index contributed by atoms with van der Waals surface area (Å²) in [5.41, 5.74) is -1.30. The van der Waals surface area contributed by atoms with Crippen LogP contribution in [0.25, 0.3) is 0 Å². The molecule has 3 aliphatic rings. The molecule has 4 atom stereocenters. The molecule has 29 heavy (non-hydrogen) atoms. The Labute approximate surface area is 169 Å². The zero-order chi connectivity index (χ0) is 21.6. The molecule has 1 aliphatic carbocycles. The summed E-state index contributed by atoms with van der Waals surface area (Å²) in [4.78, 5) is 36.1. The number of hydrogen-bond donors (Lipinski definition) is 1. The maximum atomic E-state index is 12.5. The molecule has 0 spiro atoms. The predicted molar refractivity (Wildman–Crippen MR) is 100 cm³/mol. The van der Waals surface area contributed by atoms with E-state index < -0.39 is 35.2 Å². The van der Waals surface area contributed by atoms with Gasteiger partial charge in [0, 0.05) is 24.5 Å². The zero-order valence-corrected chi connectivity index (χ0v) is 17.1. The minimum absolute atomic E-state index is 0.0724. The van der Waals surface area contributed by atoms with Gasteiger partial charge in [0.2, 0.25) is 0 Å². The van der Waals surface area contributed by atoms with Crippen molar-refractivity contribution in [3.8, 4) is 0 Å². The van der Waals surface area contributed by atoms with Crippen LogP contribution in [0.3, 0.4) is 0 Å². The highest BCUT2D eigenvalue weighted by Gasteiger charge is 2.55. The van der Waals surface area contributed by atoms with Crippen LogP contribution >= 0.6 is 0 Å². The molecule has 0 aromatic rings. The molecule has 3 rings (SSSR count). The van der Waals surface area contributed by atoms with Crippen molar-refractivity contribution in [1.82, 2.24) is 0 Å². The topological polar surface area (TPSA) is 112 Å². The molecule has 0 amide bonds. The Hall–Kier alpha value is -2.45. The van der Waals surface area contributed by atoms with E-state index in [9.17, 15) is 19.5 Å². The Morgan fingerprint density at radius 2 is 2.03 bits per heavy atom. The van der Waals surface area contributed by atoms with Crippen LogP contribution in [0.2, 0.25) is 0 Å². The van der Waals surface area contributed by atoms with Crippen LogP contribution < -0.4 is 0 Å². The molecular formula is C21H26O8. The maximum absolute atomic E-state index is 12.5. The summed E-state index contributed by atoms with van der Waals surface area (Å²) in [7, 11) is 0. The second-order valence-corrected chi connectivity index (χ2v) is 8.26. The molecule has 0 aromatic heterocycles. The highest BCUT2D eigenvalue weighted by molar-refractivity contribution is 5.96. The van der Waals surface area contributed by atoms with Crippen molar-refractivity contribution < 1.29 is 38.4 Å². The molecular weight excluding hydrogens is 380 g/mol. The lowest BCUT2D eigenvalue weighted by Gasteiger charge is -2.26. The van der Waals surface area contributed by atoms with Gasteiger partial charge >= 0.3 is 17.9 Å². The number of fused-ring (bicyclic) bond motifs is 2. The van der Waals surface area contributed by atoms with Crippen LogP contribution in [0.1, 0.15) is 47.0 Å². The molecule has 1 fully saturated rings. The van der Waals surface area contributed by atoms with E-state index in [0.717, 1.165) is 0 Å². The van der Waals surface area contributed by atoms with Gasteiger partial charge in [0.05, 0.1) is 22.9 Å². The van der Waals surface area contributed by atoms with Crippen molar-refractivity contribution in [2.75, 3.05) is 6.61 Å². The van der Waals surface area contributed by atoms with E-state index >= 15 is 0 Å². The highest BCUT2D eigenvalue weighted by Crippen LogP contribution is 2.48. The minimum Gasteiger partial charge on any atom is -0.461 e. The normalized spacial score (nSPS) is 35.5. The summed E-state index contributed by atoms with van der Waals surface area (Å²) in [6.45, 7) is 9.51. The molecule has 1 saturated heterocycles. The third kappa shape index (κ3) is 4.59. The molecule has 1 N–H and O–H groups in total. The second kappa shape index (κ2) is 7.42. The molecule has 0 bridgehead atoms. The average molecular weight is 406 g/mol. The number of esters is 3. The Kier molecular flexibility index (Phi) is 5.44. The van der Waals surface area contributed by atoms with Crippen molar-refractivity contribution >= 4 is 17.9 Å². The first kappa shape index (κ1) is 21.3. The van der Waals surface area contributed by atoms with E-state index in [4.69, 9.17) is 18.9 Å². The van der Waals surface area contributed by atoms with Crippen molar-refractivity contribution in [3.05, 3.63) is 35.1 Å². The molecule has 0 unspecified atom stereocenters. The first-order chi connectivity index (χ1) is 13.4. The van der Waals surface area contributed by atoms with Crippen LogP contribution in [0.4, 0.5) is 0 Å². The number of carbonyl (C=O) groups is 3. The first-order valence-corrected chi connectivity index (χ1v) is 9.50. The van der Waals surface area contributed by atoms with E-state index in [-0.39, 0.29) is 41.6 Å². The molecule has 2 aliphatic heterocycles. The summed E-state index contributed by atoms with van der Waals surface area (Å²) < 4.78 is 21.9. The van der Waals surface area contributed by atoms with Crippen LogP contribution in [0.5, 0.6) is 0 Å². The SMILES string of the molecule is C=C(C)C(=O)O[C@H]1C[C@]2(C)O[C@@H]2CC[C@@](C)(O)/C=C2/OC(=O)C(COC(C)=O)=C21. The lowest BCUT2D eigenvalue weighted by molar-refractivity contribution is -0.144. The van der Waals surface area contributed by atoms with E-state index in [1.165, 1.54) is 19.9 Å². The van der Waals surface area contributed by atoms with Crippen LogP contribution in [0, 0.1) is 0 Å². The number of aliphatic hydroxyl groups is 1. The molecule has 2 heterocycles. The summed E-state index contributed by atoms with van der Waals surface area (Å²) in [6.07, 6.45) is 1.72. The standard InChI is InChI=1S/C21H26O8/c1-11(2)18(23)27-15-9-21(5)16(29-21)6-7-20(4,25)8-14-17(15)13(19(24)28-14)10-26-12(3)22/h8,15-16,25H,1,6-7,9-10H2,2-5H3/b14-8+/t15-,16+,20+,21-/m0/s1. The number of ether oxygens (including phenoxy) is 4. The maximum Gasteiger partial charge on any atom is 0.343 e. The highest BCUT2D eigenvalue weighted by atomic mass is 16.6. The van der Waals surface area contributed by atoms with Gasteiger partial charge in [-0.15, -0.1) is 0 Å². The number of carbonyl (C=O) groups excluding carboxylic acids is 3. The third-order valence-electron chi connectivity index (χ3n) is 5.36. The van der Waals surface area contributed by atoms with Gasteiger partial charge in [0.25, 0.3) is 0 Å². The van der Waals surface area contributed by atoms with Gasteiger partial charge in [-0.3, -0.25) is 4.79 Å². The fourth-order valence-corrected chi connectivity index (χ4v) is 3.66. The van der Waals surface area contributed by atoms with Crippen LogP contribution in [0.15, 0.2) is 35.1 Å². The Bertz CT molecular complexity index is 834. The Balaban J connectivity index is 2.10. The predicted octanol–water partition coefficient (Wildman–Crippen LogP) is 1.87. The van der Waals surface area contributed by atoms with E-state index in [0.29, 0.717) is 12.8 Å². The fraction of sp³-hybridized carbons (Fsp3) is 0.571. The fourth-order valence-electron chi connectivity index (χ4n) is 3.66. The largest absolute Gasteiger partial charge is 0.461 e. The molecule has 158 valence electrons. The summed E-state index contributed by atoms with van der Waals surface area (Å²) >= 11 is 0. The van der Waals surface area contributed by atoms with Gasteiger partial charge in [-0.25, -0.2) is 9.59 Å². The molecule has 0 aromatic carbocycles. The van der Waals surface area contributed by atoms with Gasteiger partial charge in [-0.1, -0.05) is 6.58 Å². The van der Waals surface area contributed by atoms with E-state index in [1.807, 2.05) is 6.92 Å². The number of rotatable bonds is 4. The second-order valence-electron chi connectivity index (χ2n) is 8.26. The van der Waals surface area contributed by atoms with Crippen molar-refractivity contribution in [2.45, 2.75) is 70.4 Å². The zero-order valence-electron chi connectivity index (χ0n) is 17.1. The number of hydrogen-bond acceptors (Lipinski definition) is 8. The Morgan fingerprint density at radius 1 is 1.34 bits per heavy atom. The van der Waals surface area contributed by atoms with E-state index in [1.54, 1.807) is 6.92 Å². The quantitative estimate of drug-likeness (QED) is 0.326. The molecule has 0 saturated carbocycles. The first-order valence-electron chi connectivity index (χ1n) is 9.50. The van der Waals surface area contributed by atoms with E-state index in [2.05, 4.69) is 6.58 Å². The van der Waals surface area contributed by atoms with Gasteiger partial charge in [-0.2, -0.15) is 0 Å². The smallest absolute Gasteiger partial charge is 0.343 e. The lowest BCUT2D eigenvalue weighted by atomic mass is 9.86. The van der Waals surface area contributed by atoms with Gasteiger partial charge < -0.3 is 24.1 Å². The minimum atomic E-state index is -1.27. The van der Waals surface area contributed by atoms with Gasteiger partial charge in [-0.05, 0) is 39.7 Å². The summed E-state index contributed by atoms with van der Waals surface area (Å²) in [5.74, 6) is -1.80. The van der Waals surface area contributed by atoms with Crippen LogP contribution in [-0.2, 0) is 33.3 Å². The summed E-state index contributed by atoms with van der Waals surface area (Å²) in [5, 5.41) is 10.8. The molecule has 8 nitrogen and oxygen atoms in total. The molecule has 0 radical (unpaired) electrons. The van der Waals surface area contributed by atoms with Crippen molar-refractivity contribution in [2.24, 2.45) is 0 Å². The average Bonchev–Trinajstić information content (AvgIpc) is 3.13. The number of epoxide rings is 1. The third-order valence-corrected chi connectivity index (χ3v) is 5.36. The van der Waals surface area contributed by atoms with Gasteiger partial charge in [0.15, 0.2) is 0 Å². The van der Waals surface area contributed by atoms with Crippen molar-refractivity contribution in [3.63, 3.8) is 0 Å².